The third kappa shape index (κ3) is 17.0. The van der Waals surface area contributed by atoms with Crippen LogP contribution in [0, 0.1) is 70.0 Å². The van der Waals surface area contributed by atoms with Gasteiger partial charge in [-0.15, -0.1) is 0 Å². The van der Waals surface area contributed by atoms with Crippen molar-refractivity contribution in [2.75, 3.05) is 52.5 Å². The number of nitrogens with one attached hydrogen (secondary N) is 3. The van der Waals surface area contributed by atoms with Crippen LogP contribution in [0.3, 0.4) is 0 Å². The lowest BCUT2D eigenvalue weighted by atomic mass is 9.45. The Kier molecular flexibility index (Phi) is 24.6. The molecule has 17 heteroatoms. The molecule has 10 fully saturated rings. The van der Waals surface area contributed by atoms with Crippen LogP contribution in [0.2, 0.25) is 0 Å². The number of aliphatic hydroxyl groups is 4. The number of carbonyl (C=O) groups excluding carboxylic acids is 3. The lowest BCUT2D eigenvalue weighted by Gasteiger charge is -2.62. The summed E-state index contributed by atoms with van der Waals surface area (Å²) in [6.07, 6.45) is 9.98. The zero-order chi connectivity index (χ0) is 63.1. The molecule has 6 aliphatic carbocycles. The van der Waals surface area contributed by atoms with Crippen LogP contribution in [-0.2, 0) is 38.9 Å². The molecule has 4 aliphatic heterocycles. The summed E-state index contributed by atoms with van der Waals surface area (Å²) in [7, 11) is 0. The van der Waals surface area contributed by atoms with Crippen molar-refractivity contribution in [3.05, 3.63) is 70.8 Å². The number of carbonyl (C=O) groups is 3. The maximum absolute atomic E-state index is 14.0. The molecule has 6 saturated carbocycles. The fraction of sp³-hybridized carbons (Fsp3) is 0.786. The Morgan fingerprint density at radius 2 is 1.08 bits per heavy atom. The summed E-state index contributed by atoms with van der Waals surface area (Å²) in [5.41, 5.74) is 10.3. The Hall–Kier alpha value is -3.43. The van der Waals surface area contributed by atoms with E-state index in [4.69, 9.17) is 15.4 Å². The zero-order valence-electron chi connectivity index (χ0n) is 55.3. The smallest absolute Gasteiger partial charge is 0.240 e. The van der Waals surface area contributed by atoms with Crippen LogP contribution in [-0.4, -0.2) is 172 Å². The molecular formula is C70H116N8O9. The molecule has 0 radical (unpaired) electrons. The third-order valence-corrected chi connectivity index (χ3v) is 22.4. The van der Waals surface area contributed by atoms with Gasteiger partial charge in [0.2, 0.25) is 11.8 Å². The Balaban J connectivity index is 0.000000195. The Morgan fingerprint density at radius 3 is 1.49 bits per heavy atom. The predicted octanol–water partition coefficient (Wildman–Crippen LogP) is 7.56. The summed E-state index contributed by atoms with van der Waals surface area (Å²) in [5, 5.41) is 55.0. The molecule has 0 spiro atoms. The minimum absolute atomic E-state index is 0.0994. The highest BCUT2D eigenvalue weighted by molar-refractivity contribution is 5.83. The molecule has 17 nitrogen and oxygen atoms in total. The van der Waals surface area contributed by atoms with Gasteiger partial charge in [0.25, 0.3) is 0 Å². The quantitative estimate of drug-likeness (QED) is 0.0475. The summed E-state index contributed by atoms with van der Waals surface area (Å²) < 4.78 is 0. The second kappa shape index (κ2) is 30.8. The molecule has 0 aromatic heterocycles. The number of nitrogens with two attached hydrogens (primary N) is 1. The van der Waals surface area contributed by atoms with Crippen LogP contribution in [0.5, 0.6) is 0 Å². The normalized spacial score (nSPS) is 33.3. The fourth-order valence-corrected chi connectivity index (χ4v) is 17.2. The third-order valence-electron chi connectivity index (χ3n) is 22.4. The van der Waals surface area contributed by atoms with Crippen LogP contribution in [0.25, 0.3) is 0 Å². The molecule has 9 N–H and O–H groups in total. The van der Waals surface area contributed by atoms with E-state index in [0.717, 1.165) is 68.6 Å². The van der Waals surface area contributed by atoms with Crippen molar-refractivity contribution in [1.29, 1.82) is 0 Å². The van der Waals surface area contributed by atoms with Crippen LogP contribution in [0.15, 0.2) is 48.5 Å². The summed E-state index contributed by atoms with van der Waals surface area (Å²) in [5.74, 6) is 3.31. The molecule has 18 atom stereocenters. The van der Waals surface area contributed by atoms with Crippen molar-refractivity contribution in [2.24, 2.45) is 75.7 Å². The highest BCUT2D eigenvalue weighted by Gasteiger charge is 2.59. The van der Waals surface area contributed by atoms with Crippen molar-refractivity contribution in [2.45, 2.75) is 228 Å². The van der Waals surface area contributed by atoms with E-state index in [0.29, 0.717) is 76.4 Å². The van der Waals surface area contributed by atoms with Gasteiger partial charge in [0.1, 0.15) is 30.6 Å². The second-order valence-electron chi connectivity index (χ2n) is 30.3. The molecule has 2 aromatic carbocycles. The lowest BCUT2D eigenvalue weighted by molar-refractivity contribution is -0.183. The van der Waals surface area contributed by atoms with Crippen LogP contribution in [0.4, 0.5) is 0 Å². The molecule has 2 amide bonds. The first-order valence-electron chi connectivity index (χ1n) is 33.9. The monoisotopic (exact) mass is 1210 g/mol. The molecule has 4 heterocycles. The Bertz CT molecular complexity index is 2500. The van der Waals surface area contributed by atoms with Crippen molar-refractivity contribution < 1.29 is 44.5 Å². The van der Waals surface area contributed by atoms with Gasteiger partial charge in [-0.2, -0.15) is 10.1 Å². The maximum Gasteiger partial charge on any atom is 0.240 e. The number of amides is 2. The number of hydroxylamine groups is 4. The van der Waals surface area contributed by atoms with E-state index in [9.17, 15) is 34.8 Å². The topological polar surface area (TPSA) is 226 Å². The van der Waals surface area contributed by atoms with E-state index in [1.165, 1.54) is 70.3 Å². The minimum atomic E-state index is -0.828. The average Bonchev–Trinajstić information content (AvgIpc) is 1.73. The Labute approximate surface area is 522 Å². The van der Waals surface area contributed by atoms with E-state index < -0.39 is 48.3 Å². The average molecular weight is 1210 g/mol. The van der Waals surface area contributed by atoms with Gasteiger partial charge in [-0.1, -0.05) is 112 Å². The predicted molar refractivity (Wildman–Crippen MR) is 342 cm³/mol. The van der Waals surface area contributed by atoms with E-state index in [-0.39, 0.29) is 43.7 Å². The summed E-state index contributed by atoms with van der Waals surface area (Å²) in [4.78, 5) is 55.9. The number of likely N-dealkylation sites (tertiary alicyclic amines) is 2. The van der Waals surface area contributed by atoms with E-state index in [1.54, 1.807) is 42.2 Å². The van der Waals surface area contributed by atoms with Crippen LogP contribution < -0.4 is 21.7 Å². The molecule has 10 aliphatic rings. The van der Waals surface area contributed by atoms with E-state index in [2.05, 4.69) is 119 Å². The van der Waals surface area contributed by atoms with Gasteiger partial charge >= 0.3 is 0 Å². The molecule has 12 rings (SSSR count). The number of hydrogen-bond donors (Lipinski definition) is 8. The van der Waals surface area contributed by atoms with Gasteiger partial charge in [-0.25, -0.2) is 0 Å². The van der Waals surface area contributed by atoms with Crippen molar-refractivity contribution in [1.82, 2.24) is 35.9 Å². The summed E-state index contributed by atoms with van der Waals surface area (Å²) >= 11 is 0. The van der Waals surface area contributed by atoms with Gasteiger partial charge in [-0.3, -0.25) is 24.1 Å². The second-order valence-corrected chi connectivity index (χ2v) is 30.3. The molecule has 490 valence electrons. The standard InChI is InChI=1S/C35H58N4O4.C25H36N2O5.C10H22N2/c1-22(2)14-28(20-38-12-7-8-13-38)36-18-25-10-9-11-26(15-25)19-39-33(32(24(4)41)31(21-40)43-39)34(42)37-30-17-27-16-29(23(30)3)35(27,5)6;1-14-19-9-18(25(19,3)4)10-20(14)26-24(31)23-22(15(2)30)21(13-29)32-27(23)11-16-6-5-7-17(8-16)12-28;1-9(2)7-10(11)8-12-5-3-4-6-12/h9-11,15,22-24,27-33,36,40-41H,7-8,12-14,16-21H2,1-6H3,(H,37,42);5-8,12,14-15,18-23,29-30H,9-11,13H2,1-4H3,(H,26,31);9-10H,3-8,11H2,1-2H3/t23-,24-,27+,28-,29-,30-,31-,32+,33-;14-,15-,18+,19-,20-,21-,22+,23-;10-/m000/s1. The number of benzene rings is 2. The molecule has 4 saturated heterocycles. The molecule has 4 bridgehead atoms. The molecule has 87 heavy (non-hydrogen) atoms. The SMILES string of the molecule is CC(C)C[C@@H](CN1CCCC1)NCc1cccc(CN2O[C@@H](CO)[C@@H]([C@H](C)O)[C@H]2C(=O)N[C@H]2C[C@H]3C[C@@H]([C@@H]2C)C3(C)C)c1.CC(C)C[C@H](N)CN1CCCC1.C[C@@H]1[C@@H](NC(=O)[C@@H]2[C@H]([C@H](C)O)[C@H](CO)ON2Cc2cccc(C=O)c2)C[C@H]2C[C@@H]1C2(C)C. The van der Waals surface area contributed by atoms with Gasteiger partial charge in [0.15, 0.2) is 0 Å². The first-order chi connectivity index (χ1) is 41.3. The molecule has 2 aromatic rings. The van der Waals surface area contributed by atoms with Crippen molar-refractivity contribution in [3.63, 3.8) is 0 Å². The summed E-state index contributed by atoms with van der Waals surface area (Å²) in [6.45, 7) is 34.4. The van der Waals surface area contributed by atoms with Crippen LogP contribution >= 0.6 is 0 Å². The van der Waals surface area contributed by atoms with Gasteiger partial charge in [-0.05, 0) is 185 Å². The lowest BCUT2D eigenvalue weighted by Crippen LogP contribution is -2.62. The van der Waals surface area contributed by atoms with E-state index in [1.807, 2.05) is 6.07 Å². The van der Waals surface area contributed by atoms with Crippen LogP contribution in [0.1, 0.15) is 174 Å². The highest BCUT2D eigenvalue weighted by Crippen LogP contribution is 2.62. The number of aliphatic hydroxyl groups excluding tert-OH is 4. The highest BCUT2D eigenvalue weighted by atomic mass is 16.7. The van der Waals surface area contributed by atoms with Gasteiger partial charge < -0.3 is 51.9 Å². The first-order valence-corrected chi connectivity index (χ1v) is 33.9. The first kappa shape index (κ1) is 69.5. The summed E-state index contributed by atoms with van der Waals surface area (Å²) in [6, 6.07) is 15.3. The van der Waals surface area contributed by atoms with E-state index >= 15 is 0 Å². The van der Waals surface area contributed by atoms with Gasteiger partial charge in [0, 0.05) is 61.2 Å². The molecule has 0 unspecified atom stereocenters. The number of aldehydes is 1. The maximum atomic E-state index is 14.0. The molecular weight excluding hydrogens is 1100 g/mol. The fourth-order valence-electron chi connectivity index (χ4n) is 17.2. The van der Waals surface area contributed by atoms with Crippen molar-refractivity contribution in [3.8, 4) is 0 Å². The largest absolute Gasteiger partial charge is 0.394 e. The van der Waals surface area contributed by atoms with Gasteiger partial charge in [0.05, 0.1) is 38.5 Å². The Morgan fingerprint density at radius 1 is 0.644 bits per heavy atom. The number of hydrogen-bond acceptors (Lipinski definition) is 15. The van der Waals surface area contributed by atoms with Crippen molar-refractivity contribution >= 4 is 18.1 Å². The minimum Gasteiger partial charge on any atom is -0.394 e. The number of nitrogens with zero attached hydrogens (tertiary/aromatic N) is 4. The number of rotatable bonds is 24. The number of fused-ring (bicyclic) bond motifs is 4. The zero-order valence-corrected chi connectivity index (χ0v) is 55.3.